The van der Waals surface area contributed by atoms with Crippen LogP contribution in [0.25, 0.3) is 44.2 Å². The fraction of sp³-hybridized carbons (Fsp3) is 0.122. The van der Waals surface area contributed by atoms with E-state index < -0.39 is 0 Å². The Bertz CT molecular complexity index is 2270. The normalized spacial score (nSPS) is 14.2. The van der Waals surface area contributed by atoms with Crippen LogP contribution in [0.1, 0.15) is 36.1 Å². The second-order valence-corrected chi connectivity index (χ2v) is 12.8. The van der Waals surface area contributed by atoms with Crippen molar-refractivity contribution in [2.24, 2.45) is 0 Å². The van der Waals surface area contributed by atoms with Gasteiger partial charge in [0.2, 0.25) is 0 Å². The Labute approximate surface area is 257 Å². The molecule has 212 valence electrons. The smallest absolute Gasteiger partial charge is 0.151 e. The molecule has 0 unspecified atom stereocenters. The number of benzene rings is 6. The highest BCUT2D eigenvalue weighted by atomic mass is 16.5. The van der Waals surface area contributed by atoms with Gasteiger partial charge in [0.1, 0.15) is 11.2 Å². The third-order valence-electron chi connectivity index (χ3n) is 9.57. The Morgan fingerprint density at radius 2 is 1.23 bits per heavy atom. The van der Waals surface area contributed by atoms with Crippen molar-refractivity contribution in [1.82, 2.24) is 0 Å². The molecule has 9 rings (SSSR count). The number of para-hydroxylation sites is 2. The molecule has 1 aliphatic heterocycles. The number of nitrogens with zero attached hydrogens (tertiary/aromatic N) is 1. The van der Waals surface area contributed by atoms with Gasteiger partial charge in [-0.05, 0) is 101 Å². The van der Waals surface area contributed by atoms with Gasteiger partial charge in [0.15, 0.2) is 11.5 Å². The van der Waals surface area contributed by atoms with Crippen molar-refractivity contribution in [2.75, 3.05) is 4.90 Å². The van der Waals surface area contributed by atoms with Gasteiger partial charge in [-0.3, -0.25) is 0 Å². The van der Waals surface area contributed by atoms with Crippen LogP contribution < -0.4 is 9.64 Å². The van der Waals surface area contributed by atoms with E-state index in [-0.39, 0.29) is 5.41 Å². The van der Waals surface area contributed by atoms with Crippen LogP contribution in [-0.4, -0.2) is 0 Å². The van der Waals surface area contributed by atoms with Crippen LogP contribution in [0.15, 0.2) is 120 Å². The van der Waals surface area contributed by atoms with E-state index in [4.69, 9.17) is 9.15 Å². The average molecular weight is 570 g/mol. The van der Waals surface area contributed by atoms with Gasteiger partial charge in [-0.2, -0.15) is 0 Å². The van der Waals surface area contributed by atoms with Gasteiger partial charge in [0.25, 0.3) is 0 Å². The van der Waals surface area contributed by atoms with Crippen LogP contribution in [0.2, 0.25) is 0 Å². The number of hydrogen-bond acceptors (Lipinski definition) is 3. The SMILES string of the molecule is Cc1ccc2c(c1)Oc1cc(C)ccc1N2c1ccc2c(c1)C(C)(C)c1cc(-c3cccc4c3oc3ccccc34)ccc1-2. The summed E-state index contributed by atoms with van der Waals surface area (Å²) in [4.78, 5) is 2.35. The van der Waals surface area contributed by atoms with Crippen LogP contribution in [0.5, 0.6) is 11.5 Å². The van der Waals surface area contributed by atoms with Crippen molar-refractivity contribution in [3.63, 3.8) is 0 Å². The molecule has 0 radical (unpaired) electrons. The van der Waals surface area contributed by atoms with E-state index in [1.54, 1.807) is 0 Å². The maximum Gasteiger partial charge on any atom is 0.151 e. The standard InChI is InChI=1S/C41H31NO2/c1-24-12-18-35-38(20-24)43-39-21-25(2)13-19-36(39)42(35)27-15-17-30-29-16-14-26(22-33(29)41(3,4)34(30)23-27)28-9-7-10-32-31-8-5-6-11-37(31)44-40(28)32/h5-23H,1-4H3. The first-order valence-electron chi connectivity index (χ1n) is 15.3. The highest BCUT2D eigenvalue weighted by Crippen LogP contribution is 2.55. The Hall–Kier alpha value is -5.28. The van der Waals surface area contributed by atoms with Gasteiger partial charge in [0, 0.05) is 27.4 Å². The van der Waals surface area contributed by atoms with Gasteiger partial charge in [-0.15, -0.1) is 0 Å². The molecule has 7 aromatic rings. The number of anilines is 3. The molecule has 3 nitrogen and oxygen atoms in total. The molecule has 0 fully saturated rings. The third-order valence-corrected chi connectivity index (χ3v) is 9.57. The molecule has 0 saturated heterocycles. The lowest BCUT2D eigenvalue weighted by atomic mass is 9.81. The van der Waals surface area contributed by atoms with Crippen molar-refractivity contribution in [1.29, 1.82) is 0 Å². The zero-order valence-electron chi connectivity index (χ0n) is 25.2. The van der Waals surface area contributed by atoms with Crippen molar-refractivity contribution in [2.45, 2.75) is 33.1 Å². The highest BCUT2D eigenvalue weighted by molar-refractivity contribution is 6.09. The summed E-state index contributed by atoms with van der Waals surface area (Å²) in [5, 5.41) is 2.31. The van der Waals surface area contributed by atoms with Gasteiger partial charge in [-0.1, -0.05) is 80.6 Å². The zero-order chi connectivity index (χ0) is 29.7. The summed E-state index contributed by atoms with van der Waals surface area (Å²) in [5.41, 5.74) is 14.9. The van der Waals surface area contributed by atoms with Gasteiger partial charge >= 0.3 is 0 Å². The second-order valence-electron chi connectivity index (χ2n) is 12.8. The van der Waals surface area contributed by atoms with Crippen molar-refractivity contribution in [3.05, 3.63) is 138 Å². The molecule has 0 saturated carbocycles. The summed E-state index contributed by atoms with van der Waals surface area (Å²) in [6.07, 6.45) is 0. The molecule has 6 aromatic carbocycles. The molecule has 0 N–H and O–H groups in total. The largest absolute Gasteiger partial charge is 0.455 e. The number of fused-ring (bicyclic) bond motifs is 8. The van der Waals surface area contributed by atoms with E-state index >= 15 is 0 Å². The summed E-state index contributed by atoms with van der Waals surface area (Å²) < 4.78 is 12.8. The molecular weight excluding hydrogens is 538 g/mol. The minimum atomic E-state index is -0.184. The fourth-order valence-corrected chi connectivity index (χ4v) is 7.31. The lowest BCUT2D eigenvalue weighted by Gasteiger charge is -2.34. The summed E-state index contributed by atoms with van der Waals surface area (Å²) in [6, 6.07) is 41.5. The van der Waals surface area contributed by atoms with Crippen LogP contribution in [0.4, 0.5) is 17.1 Å². The number of furan rings is 1. The van der Waals surface area contributed by atoms with E-state index in [2.05, 4.69) is 136 Å². The van der Waals surface area contributed by atoms with E-state index in [9.17, 15) is 0 Å². The van der Waals surface area contributed by atoms with Crippen LogP contribution in [-0.2, 0) is 5.41 Å². The summed E-state index contributed by atoms with van der Waals surface area (Å²) in [5.74, 6) is 1.77. The minimum absolute atomic E-state index is 0.184. The molecular formula is C41H31NO2. The molecule has 3 heteroatoms. The molecule has 44 heavy (non-hydrogen) atoms. The highest BCUT2D eigenvalue weighted by Gasteiger charge is 2.37. The first-order chi connectivity index (χ1) is 21.4. The van der Waals surface area contributed by atoms with Crippen LogP contribution >= 0.6 is 0 Å². The molecule has 0 bridgehead atoms. The fourth-order valence-electron chi connectivity index (χ4n) is 7.31. The summed E-state index contributed by atoms with van der Waals surface area (Å²) in [6.45, 7) is 8.91. The quantitative estimate of drug-likeness (QED) is 0.207. The Balaban J connectivity index is 1.18. The lowest BCUT2D eigenvalue weighted by molar-refractivity contribution is 0.476. The Morgan fingerprint density at radius 1 is 0.568 bits per heavy atom. The van der Waals surface area contributed by atoms with E-state index in [1.165, 1.54) is 38.9 Å². The average Bonchev–Trinajstić information content (AvgIpc) is 3.51. The van der Waals surface area contributed by atoms with E-state index in [0.717, 1.165) is 56.1 Å². The molecule has 2 heterocycles. The maximum absolute atomic E-state index is 6.43. The predicted molar refractivity (Wildman–Crippen MR) is 181 cm³/mol. The van der Waals surface area contributed by atoms with Crippen molar-refractivity contribution in [3.8, 4) is 33.8 Å². The monoisotopic (exact) mass is 569 g/mol. The van der Waals surface area contributed by atoms with Crippen LogP contribution in [0, 0.1) is 13.8 Å². The number of aryl methyl sites for hydroxylation is 2. The third kappa shape index (κ3) is 3.50. The summed E-state index contributed by atoms with van der Waals surface area (Å²) in [7, 11) is 0. The van der Waals surface area contributed by atoms with Crippen molar-refractivity contribution < 1.29 is 9.15 Å². The topological polar surface area (TPSA) is 25.6 Å². The minimum Gasteiger partial charge on any atom is -0.455 e. The first-order valence-corrected chi connectivity index (χ1v) is 15.3. The first kappa shape index (κ1) is 25.2. The Morgan fingerprint density at radius 3 is 1.98 bits per heavy atom. The predicted octanol–water partition coefficient (Wildman–Crippen LogP) is 11.8. The van der Waals surface area contributed by atoms with Crippen molar-refractivity contribution >= 4 is 39.0 Å². The van der Waals surface area contributed by atoms with Crippen LogP contribution in [0.3, 0.4) is 0 Å². The number of hydrogen-bond donors (Lipinski definition) is 0. The molecule has 2 aliphatic rings. The molecule has 1 aliphatic carbocycles. The van der Waals surface area contributed by atoms with E-state index in [0.29, 0.717) is 0 Å². The maximum atomic E-state index is 6.43. The van der Waals surface area contributed by atoms with Gasteiger partial charge in [0.05, 0.1) is 11.4 Å². The molecule has 1 aromatic heterocycles. The zero-order valence-corrected chi connectivity index (χ0v) is 25.2. The van der Waals surface area contributed by atoms with Gasteiger partial charge in [-0.25, -0.2) is 0 Å². The second kappa shape index (κ2) is 8.87. The number of ether oxygens (including phenoxy) is 1. The molecule has 0 atom stereocenters. The van der Waals surface area contributed by atoms with Gasteiger partial charge < -0.3 is 14.1 Å². The van der Waals surface area contributed by atoms with E-state index in [1.807, 2.05) is 12.1 Å². The lowest BCUT2D eigenvalue weighted by Crippen LogP contribution is -2.18. The Kier molecular flexibility index (Phi) is 5.09. The molecule has 0 amide bonds. The summed E-state index contributed by atoms with van der Waals surface area (Å²) >= 11 is 0. The molecule has 0 spiro atoms. The number of rotatable bonds is 2.